The Morgan fingerprint density at radius 2 is 1.84 bits per heavy atom. The van der Waals surface area contributed by atoms with Crippen molar-refractivity contribution in [1.29, 1.82) is 0 Å². The number of hydrogen-bond acceptors (Lipinski definition) is 3. The van der Waals surface area contributed by atoms with Crippen LogP contribution in [0.15, 0.2) is 42.7 Å². The molecule has 194 valence electrons. The van der Waals surface area contributed by atoms with Gasteiger partial charge in [0.1, 0.15) is 5.82 Å². The first-order valence-corrected chi connectivity index (χ1v) is 12.1. The Hall–Kier alpha value is -3.69. The zero-order valence-electron chi connectivity index (χ0n) is 20.0. The lowest BCUT2D eigenvalue weighted by molar-refractivity contribution is -0.137. The standard InChI is InChI=1S/C27H25F4N3O3/c1-15-10-18(12-20(24(35)36)23(15)16-13-32-34(14-16)19-4-2-3-5-19)33-25(37)26(8-9-26)21-7-6-17(11-22(21)28)27(29,30)31/h6-7,10-14,19H,2-5,8-9H2,1H3,(H,33,37)(H,35,36). The SMILES string of the molecule is Cc1cc(NC(=O)C2(c3ccc(C(F)(F)F)cc3F)CC2)cc(C(=O)O)c1-c1cnn(C2CCCC2)c1. The Morgan fingerprint density at radius 3 is 2.43 bits per heavy atom. The van der Waals surface area contributed by atoms with Gasteiger partial charge in [0.05, 0.1) is 28.8 Å². The van der Waals surface area contributed by atoms with E-state index in [1.54, 1.807) is 19.2 Å². The lowest BCUT2D eigenvalue weighted by Crippen LogP contribution is -2.29. The van der Waals surface area contributed by atoms with Crippen LogP contribution in [-0.2, 0) is 16.4 Å². The lowest BCUT2D eigenvalue weighted by Gasteiger charge is -2.19. The topological polar surface area (TPSA) is 84.2 Å². The summed E-state index contributed by atoms with van der Waals surface area (Å²) in [5, 5.41) is 17.0. The Balaban J connectivity index is 1.43. The molecule has 1 heterocycles. The quantitative estimate of drug-likeness (QED) is 0.367. The molecule has 5 rings (SSSR count). The van der Waals surface area contributed by atoms with Crippen molar-refractivity contribution in [1.82, 2.24) is 9.78 Å². The van der Waals surface area contributed by atoms with Crippen LogP contribution in [0.25, 0.3) is 11.1 Å². The number of aromatic nitrogens is 2. The summed E-state index contributed by atoms with van der Waals surface area (Å²) in [5.41, 5.74) is -0.589. The van der Waals surface area contributed by atoms with Crippen LogP contribution in [0.4, 0.5) is 23.2 Å². The number of aromatic carboxylic acids is 1. The fourth-order valence-corrected chi connectivity index (χ4v) is 5.32. The molecule has 2 aliphatic carbocycles. The smallest absolute Gasteiger partial charge is 0.416 e. The first-order chi connectivity index (χ1) is 17.5. The number of rotatable bonds is 6. The summed E-state index contributed by atoms with van der Waals surface area (Å²) in [6.07, 6.45) is 3.63. The molecule has 2 aliphatic rings. The van der Waals surface area contributed by atoms with E-state index in [2.05, 4.69) is 10.4 Å². The molecule has 2 fully saturated rings. The molecule has 3 aromatic rings. The molecule has 1 amide bonds. The maximum Gasteiger partial charge on any atom is 0.416 e. The van der Waals surface area contributed by atoms with Gasteiger partial charge in [-0.25, -0.2) is 9.18 Å². The van der Waals surface area contributed by atoms with Crippen molar-refractivity contribution in [2.24, 2.45) is 0 Å². The molecular formula is C27H25F4N3O3. The molecule has 0 unspecified atom stereocenters. The van der Waals surface area contributed by atoms with Crippen molar-refractivity contribution in [2.45, 2.75) is 63.1 Å². The Bertz CT molecular complexity index is 1390. The fourth-order valence-electron chi connectivity index (χ4n) is 5.32. The Labute approximate surface area is 210 Å². The van der Waals surface area contributed by atoms with E-state index < -0.39 is 34.8 Å². The summed E-state index contributed by atoms with van der Waals surface area (Å²) >= 11 is 0. The molecule has 2 aromatic carbocycles. The summed E-state index contributed by atoms with van der Waals surface area (Å²) < 4.78 is 55.3. The van der Waals surface area contributed by atoms with Gasteiger partial charge in [0.25, 0.3) is 0 Å². The van der Waals surface area contributed by atoms with Crippen molar-refractivity contribution in [3.05, 3.63) is 70.8 Å². The largest absolute Gasteiger partial charge is 0.478 e. The van der Waals surface area contributed by atoms with Crippen molar-refractivity contribution in [3.63, 3.8) is 0 Å². The zero-order chi connectivity index (χ0) is 26.5. The van der Waals surface area contributed by atoms with Crippen LogP contribution in [0.1, 0.15) is 71.6 Å². The summed E-state index contributed by atoms with van der Waals surface area (Å²) in [5.74, 6) is -2.87. The van der Waals surface area contributed by atoms with Gasteiger partial charge >= 0.3 is 12.1 Å². The number of amides is 1. The second-order valence-corrected chi connectivity index (χ2v) is 9.90. The molecule has 0 aliphatic heterocycles. The number of hydrogen-bond donors (Lipinski definition) is 2. The summed E-state index contributed by atoms with van der Waals surface area (Å²) in [4.78, 5) is 25.3. The van der Waals surface area contributed by atoms with Crippen LogP contribution in [0.3, 0.4) is 0 Å². The average Bonchev–Trinajstić information content (AvgIpc) is 3.21. The number of anilines is 1. The number of nitrogens with zero attached hydrogens (tertiary/aromatic N) is 2. The van der Waals surface area contributed by atoms with E-state index in [1.807, 2.05) is 10.9 Å². The van der Waals surface area contributed by atoms with Crippen molar-refractivity contribution in [2.75, 3.05) is 5.32 Å². The summed E-state index contributed by atoms with van der Waals surface area (Å²) in [6.45, 7) is 1.73. The summed E-state index contributed by atoms with van der Waals surface area (Å²) in [6, 6.07) is 5.43. The van der Waals surface area contributed by atoms with Gasteiger partial charge in [0.15, 0.2) is 0 Å². The van der Waals surface area contributed by atoms with Crippen molar-refractivity contribution in [3.8, 4) is 11.1 Å². The van der Waals surface area contributed by atoms with Crippen LogP contribution >= 0.6 is 0 Å². The molecule has 2 N–H and O–H groups in total. The Morgan fingerprint density at radius 1 is 1.14 bits per heavy atom. The lowest BCUT2D eigenvalue weighted by atomic mass is 9.92. The van der Waals surface area contributed by atoms with E-state index in [0.29, 0.717) is 28.8 Å². The molecule has 10 heteroatoms. The van der Waals surface area contributed by atoms with Crippen LogP contribution in [0.2, 0.25) is 0 Å². The van der Waals surface area contributed by atoms with Crippen LogP contribution in [0, 0.1) is 12.7 Å². The first-order valence-electron chi connectivity index (χ1n) is 12.1. The molecule has 0 bridgehead atoms. The highest BCUT2D eigenvalue weighted by molar-refractivity contribution is 6.04. The zero-order valence-corrected chi connectivity index (χ0v) is 20.0. The number of carbonyl (C=O) groups is 2. The van der Waals surface area contributed by atoms with Gasteiger partial charge in [-0.05, 0) is 62.4 Å². The average molecular weight is 516 g/mol. The third-order valence-corrected chi connectivity index (χ3v) is 7.41. The minimum atomic E-state index is -4.70. The van der Waals surface area contributed by atoms with Crippen molar-refractivity contribution < 1.29 is 32.3 Å². The van der Waals surface area contributed by atoms with E-state index in [0.717, 1.165) is 37.8 Å². The van der Waals surface area contributed by atoms with E-state index in [1.165, 1.54) is 6.07 Å². The number of carbonyl (C=O) groups excluding carboxylic acids is 1. The highest BCUT2D eigenvalue weighted by atomic mass is 19.4. The predicted octanol–water partition coefficient (Wildman–Crippen LogP) is 6.50. The molecule has 0 spiro atoms. The monoisotopic (exact) mass is 515 g/mol. The molecule has 0 atom stereocenters. The highest BCUT2D eigenvalue weighted by Gasteiger charge is 2.53. The molecule has 0 radical (unpaired) electrons. The fraction of sp³-hybridized carbons (Fsp3) is 0.370. The van der Waals surface area contributed by atoms with Gasteiger partial charge in [-0.1, -0.05) is 18.9 Å². The van der Waals surface area contributed by atoms with E-state index >= 15 is 0 Å². The maximum atomic E-state index is 14.6. The molecule has 1 aromatic heterocycles. The van der Waals surface area contributed by atoms with Gasteiger partial charge in [-0.15, -0.1) is 0 Å². The van der Waals surface area contributed by atoms with E-state index in [4.69, 9.17) is 0 Å². The molecular weight excluding hydrogens is 490 g/mol. The molecule has 2 saturated carbocycles. The minimum Gasteiger partial charge on any atom is -0.478 e. The maximum absolute atomic E-state index is 14.6. The third kappa shape index (κ3) is 4.60. The molecule has 0 saturated heterocycles. The molecule has 37 heavy (non-hydrogen) atoms. The van der Waals surface area contributed by atoms with E-state index in [-0.39, 0.29) is 29.7 Å². The van der Waals surface area contributed by atoms with Crippen LogP contribution in [-0.4, -0.2) is 26.8 Å². The number of aryl methyl sites for hydroxylation is 1. The number of carboxylic acid groups (broad SMARTS) is 1. The third-order valence-electron chi connectivity index (χ3n) is 7.41. The van der Waals surface area contributed by atoms with Gasteiger partial charge < -0.3 is 10.4 Å². The van der Waals surface area contributed by atoms with Gasteiger partial charge in [0, 0.05) is 28.6 Å². The number of carboxylic acids is 1. The van der Waals surface area contributed by atoms with Crippen LogP contribution < -0.4 is 5.32 Å². The number of benzene rings is 2. The second kappa shape index (κ2) is 9.00. The van der Waals surface area contributed by atoms with Gasteiger partial charge in [-0.2, -0.15) is 18.3 Å². The highest BCUT2D eigenvalue weighted by Crippen LogP contribution is 2.50. The van der Waals surface area contributed by atoms with E-state index in [9.17, 15) is 32.3 Å². The first kappa shape index (κ1) is 25.0. The van der Waals surface area contributed by atoms with Gasteiger partial charge in [0.2, 0.25) is 5.91 Å². The van der Waals surface area contributed by atoms with Gasteiger partial charge in [-0.3, -0.25) is 9.48 Å². The predicted molar refractivity (Wildman–Crippen MR) is 128 cm³/mol. The Kier molecular flexibility index (Phi) is 6.08. The number of halogens is 4. The minimum absolute atomic E-state index is 0.0215. The second-order valence-electron chi connectivity index (χ2n) is 9.90. The molecule has 6 nitrogen and oxygen atoms in total. The number of alkyl halides is 3. The van der Waals surface area contributed by atoms with Crippen LogP contribution in [0.5, 0.6) is 0 Å². The number of nitrogens with one attached hydrogen (secondary N) is 1. The normalized spacial score (nSPS) is 17.1. The van der Waals surface area contributed by atoms with Crippen molar-refractivity contribution >= 4 is 17.6 Å². The summed E-state index contributed by atoms with van der Waals surface area (Å²) in [7, 11) is 0.